The van der Waals surface area contributed by atoms with Crippen molar-refractivity contribution >= 4 is 0 Å². The van der Waals surface area contributed by atoms with E-state index in [-0.39, 0.29) is 18.4 Å². The minimum atomic E-state index is -1.25. The number of rotatable bonds is 6. The van der Waals surface area contributed by atoms with Crippen LogP contribution in [0.5, 0.6) is 0 Å². The molecule has 31 heavy (non-hydrogen) atoms. The van der Waals surface area contributed by atoms with Crippen LogP contribution in [0, 0.1) is 11.8 Å². The minimum absolute atomic E-state index is 0.000351. The second kappa shape index (κ2) is 10.0. The van der Waals surface area contributed by atoms with Crippen LogP contribution in [-0.4, -0.2) is 83.7 Å². The maximum Gasteiger partial charge on any atom is 0.202 e. The number of nitrogens with two attached hydrogens (primary N) is 1. The predicted molar refractivity (Wildman–Crippen MR) is 114 cm³/mol. The molecule has 180 valence electrons. The van der Waals surface area contributed by atoms with Gasteiger partial charge in [-0.25, -0.2) is 0 Å². The summed E-state index contributed by atoms with van der Waals surface area (Å²) in [6, 6.07) is -1.10. The van der Waals surface area contributed by atoms with Crippen molar-refractivity contribution in [2.75, 3.05) is 13.7 Å². The van der Waals surface area contributed by atoms with Crippen LogP contribution >= 0.6 is 0 Å². The van der Waals surface area contributed by atoms with E-state index in [1.807, 2.05) is 13.8 Å². The van der Waals surface area contributed by atoms with Crippen LogP contribution in [0.15, 0.2) is 11.8 Å². The van der Waals surface area contributed by atoms with Gasteiger partial charge in [-0.15, -0.1) is 0 Å². The number of aliphatic hydroxyl groups excluding tert-OH is 2. The zero-order valence-electron chi connectivity index (χ0n) is 19.2. The summed E-state index contributed by atoms with van der Waals surface area (Å²) >= 11 is 0. The van der Waals surface area contributed by atoms with Crippen LogP contribution in [0.1, 0.15) is 47.0 Å². The molecule has 0 aromatic carbocycles. The largest absolute Gasteiger partial charge is 0.469 e. The number of hydrogen-bond acceptors (Lipinski definition) is 9. The molecule has 0 amide bonds. The van der Waals surface area contributed by atoms with Gasteiger partial charge in [-0.1, -0.05) is 20.8 Å². The van der Waals surface area contributed by atoms with Crippen LogP contribution in [0.25, 0.3) is 0 Å². The second-order valence-corrected chi connectivity index (χ2v) is 9.59. The number of ether oxygens (including phenoxy) is 4. The molecule has 0 aromatic rings. The van der Waals surface area contributed by atoms with Crippen LogP contribution in [-0.2, 0) is 18.9 Å². The van der Waals surface area contributed by atoms with Gasteiger partial charge in [-0.05, 0) is 38.8 Å². The third kappa shape index (κ3) is 5.25. The fourth-order valence-corrected chi connectivity index (χ4v) is 4.88. The summed E-state index contributed by atoms with van der Waals surface area (Å²) in [5.41, 5.74) is 5.08. The molecule has 2 aliphatic heterocycles. The number of likely N-dealkylation sites (N-methyl/N-ethyl adjacent to an activating group) is 1. The van der Waals surface area contributed by atoms with Crippen LogP contribution in [0.3, 0.4) is 0 Å². The standard InChI is InChI=1S/C22H40N2O7/c1-6-13-8-7-11(2)20(29-13)30-17-12(3)9-14(23)18(15(17)25)31-21-16(26)19(24-5)22(4,27)10-28-21/h8,11-12,14-21,24-27H,6-7,9-10,23H2,1-5H3/t11-,12+,14-,15+,16-,17?,18+,19-,20-,21-,22+/m1/s1. The van der Waals surface area contributed by atoms with E-state index in [2.05, 4.69) is 18.3 Å². The smallest absolute Gasteiger partial charge is 0.202 e. The van der Waals surface area contributed by atoms with E-state index < -0.39 is 54.7 Å². The Hall–Kier alpha value is -0.780. The molecular formula is C22H40N2O7. The van der Waals surface area contributed by atoms with Gasteiger partial charge in [-0.3, -0.25) is 0 Å². The molecule has 9 heteroatoms. The Morgan fingerprint density at radius 2 is 1.84 bits per heavy atom. The lowest BCUT2D eigenvalue weighted by Gasteiger charge is -2.48. The van der Waals surface area contributed by atoms with Gasteiger partial charge in [0.2, 0.25) is 6.29 Å². The molecule has 0 radical (unpaired) electrons. The number of hydrogen-bond donors (Lipinski definition) is 5. The number of nitrogens with one attached hydrogen (secondary N) is 1. The van der Waals surface area contributed by atoms with Crippen molar-refractivity contribution in [1.82, 2.24) is 5.32 Å². The molecule has 0 aromatic heterocycles. The third-order valence-corrected chi connectivity index (χ3v) is 6.82. The first-order valence-corrected chi connectivity index (χ1v) is 11.4. The van der Waals surface area contributed by atoms with Crippen molar-refractivity contribution in [3.8, 4) is 0 Å². The Kier molecular flexibility index (Phi) is 8.02. The SMILES string of the molecule is CCC1=CC[C@@H](C)[C@@H](OC2[C@@H](C)C[C@@H](N)[C@H](O[C@H]3OC[C@](C)(O)[C@H](NC)[C@H]3O)[C@H]2O)O1. The highest BCUT2D eigenvalue weighted by Gasteiger charge is 2.50. The van der Waals surface area contributed by atoms with Crippen LogP contribution < -0.4 is 11.1 Å². The van der Waals surface area contributed by atoms with E-state index >= 15 is 0 Å². The van der Waals surface area contributed by atoms with Gasteiger partial charge in [0.25, 0.3) is 0 Å². The zero-order valence-corrected chi connectivity index (χ0v) is 19.2. The quantitative estimate of drug-likeness (QED) is 0.390. The summed E-state index contributed by atoms with van der Waals surface area (Å²) < 4.78 is 23.8. The molecule has 6 N–H and O–H groups in total. The average Bonchev–Trinajstić information content (AvgIpc) is 2.71. The Balaban J connectivity index is 1.69. The fourth-order valence-electron chi connectivity index (χ4n) is 4.88. The minimum Gasteiger partial charge on any atom is -0.469 e. The van der Waals surface area contributed by atoms with E-state index in [1.165, 1.54) is 0 Å². The molecule has 1 aliphatic carbocycles. The van der Waals surface area contributed by atoms with Gasteiger partial charge in [0.05, 0.1) is 24.5 Å². The van der Waals surface area contributed by atoms with Gasteiger partial charge in [0, 0.05) is 18.4 Å². The molecule has 2 fully saturated rings. The molecule has 3 aliphatic rings. The van der Waals surface area contributed by atoms with Crippen molar-refractivity contribution in [2.24, 2.45) is 17.6 Å². The highest BCUT2D eigenvalue weighted by molar-refractivity contribution is 5.01. The Labute approximate surface area is 184 Å². The molecule has 1 saturated carbocycles. The summed E-state index contributed by atoms with van der Waals surface area (Å²) in [5.74, 6) is 1.06. The normalized spacial score (nSPS) is 48.7. The summed E-state index contributed by atoms with van der Waals surface area (Å²) in [5, 5.41) is 35.2. The van der Waals surface area contributed by atoms with E-state index in [1.54, 1.807) is 14.0 Å². The second-order valence-electron chi connectivity index (χ2n) is 9.59. The lowest BCUT2D eigenvalue weighted by atomic mass is 9.80. The molecule has 9 nitrogen and oxygen atoms in total. The van der Waals surface area contributed by atoms with Gasteiger partial charge < -0.3 is 45.3 Å². The maximum atomic E-state index is 11.1. The molecule has 0 bridgehead atoms. The summed E-state index contributed by atoms with van der Waals surface area (Å²) in [7, 11) is 1.65. The molecule has 3 rings (SSSR count). The zero-order chi connectivity index (χ0) is 22.9. The van der Waals surface area contributed by atoms with Crippen LogP contribution in [0.4, 0.5) is 0 Å². The highest BCUT2D eigenvalue weighted by Crippen LogP contribution is 2.35. The van der Waals surface area contributed by atoms with Crippen LogP contribution in [0.2, 0.25) is 0 Å². The van der Waals surface area contributed by atoms with E-state index in [4.69, 9.17) is 24.7 Å². The van der Waals surface area contributed by atoms with Crippen molar-refractivity contribution in [2.45, 2.75) is 102 Å². The topological polar surface area (TPSA) is 136 Å². The summed E-state index contributed by atoms with van der Waals surface area (Å²) in [6.07, 6.45) is -0.630. The predicted octanol–water partition coefficient (Wildman–Crippen LogP) is 0.217. The van der Waals surface area contributed by atoms with Crippen molar-refractivity contribution in [1.29, 1.82) is 0 Å². The van der Waals surface area contributed by atoms with Gasteiger partial charge in [0.15, 0.2) is 6.29 Å². The average molecular weight is 445 g/mol. The molecule has 11 atom stereocenters. The van der Waals surface area contributed by atoms with Crippen molar-refractivity contribution < 1.29 is 34.3 Å². The first kappa shape index (κ1) is 24.9. The molecule has 1 unspecified atom stereocenters. The Morgan fingerprint density at radius 1 is 1.16 bits per heavy atom. The summed E-state index contributed by atoms with van der Waals surface area (Å²) in [6.45, 7) is 7.65. The lowest BCUT2D eigenvalue weighted by Crippen LogP contribution is -2.67. The lowest BCUT2D eigenvalue weighted by molar-refractivity contribution is -0.306. The first-order chi connectivity index (χ1) is 14.6. The number of aliphatic hydroxyl groups is 3. The molecule has 1 saturated heterocycles. The maximum absolute atomic E-state index is 11.1. The van der Waals surface area contributed by atoms with E-state index in [0.717, 1.165) is 18.6 Å². The fraction of sp³-hybridized carbons (Fsp3) is 0.909. The number of allylic oxidation sites excluding steroid dienone is 2. The van der Waals surface area contributed by atoms with Gasteiger partial charge >= 0.3 is 0 Å². The van der Waals surface area contributed by atoms with E-state index in [9.17, 15) is 15.3 Å². The molecule has 2 heterocycles. The molecular weight excluding hydrogens is 404 g/mol. The van der Waals surface area contributed by atoms with Crippen molar-refractivity contribution in [3.05, 3.63) is 11.8 Å². The highest BCUT2D eigenvalue weighted by atomic mass is 16.7. The Morgan fingerprint density at radius 3 is 2.48 bits per heavy atom. The summed E-state index contributed by atoms with van der Waals surface area (Å²) in [4.78, 5) is 0. The van der Waals surface area contributed by atoms with Gasteiger partial charge in [-0.2, -0.15) is 0 Å². The first-order valence-electron chi connectivity index (χ1n) is 11.4. The van der Waals surface area contributed by atoms with Gasteiger partial charge in [0.1, 0.15) is 23.9 Å². The molecule has 0 spiro atoms. The third-order valence-electron chi connectivity index (χ3n) is 6.82. The monoisotopic (exact) mass is 444 g/mol. The van der Waals surface area contributed by atoms with Crippen molar-refractivity contribution in [3.63, 3.8) is 0 Å². The Bertz CT molecular complexity index is 631. The van der Waals surface area contributed by atoms with E-state index in [0.29, 0.717) is 6.42 Å².